The smallest absolute Gasteiger partial charge is 0.157 e. The lowest BCUT2D eigenvalue weighted by atomic mass is 9.75. The molecule has 1 fully saturated rings. The number of Topliss-reactive ketones (excluding diaryl/α,β-unsaturated/α-hetero) is 1. The number of benzene rings is 1. The molecule has 1 aliphatic rings. The van der Waals surface area contributed by atoms with E-state index in [0.717, 1.165) is 24.8 Å². The zero-order valence-electron chi connectivity index (χ0n) is 10.4. The van der Waals surface area contributed by atoms with Crippen molar-refractivity contribution < 1.29 is 9.90 Å². The monoisotopic (exact) mass is 269 g/mol. The lowest BCUT2D eigenvalue weighted by Gasteiger charge is -2.37. The lowest BCUT2D eigenvalue weighted by Crippen LogP contribution is -2.51. The van der Waals surface area contributed by atoms with Crippen molar-refractivity contribution in [3.63, 3.8) is 0 Å². The zero-order chi connectivity index (χ0) is 12.1. The molecule has 2 N–H and O–H groups in total. The first-order valence-corrected chi connectivity index (χ1v) is 6.24. The fourth-order valence-corrected chi connectivity index (χ4v) is 2.61. The van der Waals surface area contributed by atoms with Crippen molar-refractivity contribution in [3.05, 3.63) is 35.9 Å². The van der Waals surface area contributed by atoms with Gasteiger partial charge < -0.3 is 5.11 Å². The minimum absolute atomic E-state index is 0. The molecule has 0 aliphatic heterocycles. The van der Waals surface area contributed by atoms with E-state index >= 15 is 0 Å². The summed E-state index contributed by atoms with van der Waals surface area (Å²) < 4.78 is 0. The van der Waals surface area contributed by atoms with Crippen LogP contribution in [0.4, 0.5) is 0 Å². The van der Waals surface area contributed by atoms with Crippen molar-refractivity contribution in [2.75, 3.05) is 13.2 Å². The molecule has 0 heterocycles. The molecule has 1 aromatic rings. The summed E-state index contributed by atoms with van der Waals surface area (Å²) in [4.78, 5) is 12.3. The molecular weight excluding hydrogens is 250 g/mol. The first-order valence-electron chi connectivity index (χ1n) is 6.24. The number of ketones is 1. The van der Waals surface area contributed by atoms with Crippen LogP contribution in [0.1, 0.15) is 31.2 Å². The number of carbonyl (C=O) groups is 1. The minimum Gasteiger partial charge on any atom is -0.395 e. The molecule has 3 nitrogen and oxygen atoms in total. The molecule has 0 saturated heterocycles. The van der Waals surface area contributed by atoms with Gasteiger partial charge in [0.25, 0.3) is 0 Å². The Kier molecular flexibility index (Phi) is 5.79. The molecular formula is C14H20ClNO2. The van der Waals surface area contributed by atoms with Crippen LogP contribution < -0.4 is 5.32 Å². The van der Waals surface area contributed by atoms with Crippen molar-refractivity contribution >= 4 is 18.2 Å². The molecule has 1 atom stereocenters. The van der Waals surface area contributed by atoms with Gasteiger partial charge in [-0.05, 0) is 18.4 Å². The van der Waals surface area contributed by atoms with Crippen LogP contribution in [0.15, 0.2) is 30.3 Å². The zero-order valence-corrected chi connectivity index (χ0v) is 11.2. The van der Waals surface area contributed by atoms with Crippen LogP contribution in [0, 0.1) is 0 Å². The predicted octanol–water partition coefficient (Wildman–Crippen LogP) is 2.03. The van der Waals surface area contributed by atoms with E-state index in [1.807, 2.05) is 30.3 Å². The Bertz CT molecular complexity index is 383. The maximum Gasteiger partial charge on any atom is 0.157 e. The Morgan fingerprint density at radius 1 is 1.22 bits per heavy atom. The van der Waals surface area contributed by atoms with Crippen LogP contribution >= 0.6 is 12.4 Å². The largest absolute Gasteiger partial charge is 0.395 e. The topological polar surface area (TPSA) is 49.3 Å². The minimum atomic E-state index is -0.567. The van der Waals surface area contributed by atoms with Gasteiger partial charge in [-0.25, -0.2) is 0 Å². The Balaban J connectivity index is 0.00000162. The summed E-state index contributed by atoms with van der Waals surface area (Å²) in [5.74, 6) is 0.253. The third-order valence-electron chi connectivity index (χ3n) is 3.49. The van der Waals surface area contributed by atoms with Crippen molar-refractivity contribution in [2.24, 2.45) is 0 Å². The first-order chi connectivity index (χ1) is 8.29. The van der Waals surface area contributed by atoms with E-state index in [-0.39, 0.29) is 24.8 Å². The van der Waals surface area contributed by atoms with E-state index in [1.165, 1.54) is 0 Å². The lowest BCUT2D eigenvalue weighted by molar-refractivity contribution is -0.128. The molecule has 0 aromatic heterocycles. The van der Waals surface area contributed by atoms with E-state index in [4.69, 9.17) is 5.11 Å². The van der Waals surface area contributed by atoms with Gasteiger partial charge in [0.05, 0.1) is 6.61 Å². The standard InChI is InChI=1S/C14H19NO2.ClH/c16-11-10-15-14(9-5-4-8-13(14)17)12-6-2-1-3-7-12;/h1-3,6-7,15-16H,4-5,8-11H2;1H. The van der Waals surface area contributed by atoms with Crippen LogP contribution in [0.5, 0.6) is 0 Å². The molecule has 100 valence electrons. The van der Waals surface area contributed by atoms with Gasteiger partial charge in [-0.15, -0.1) is 12.4 Å². The van der Waals surface area contributed by atoms with Crippen LogP contribution in [0.2, 0.25) is 0 Å². The SMILES string of the molecule is Cl.O=C1CCCCC1(NCCO)c1ccccc1. The summed E-state index contributed by atoms with van der Waals surface area (Å²) >= 11 is 0. The van der Waals surface area contributed by atoms with Crippen LogP contribution in [-0.2, 0) is 10.3 Å². The summed E-state index contributed by atoms with van der Waals surface area (Å²) in [5.41, 5.74) is 0.459. The number of hydrogen-bond donors (Lipinski definition) is 2. The molecule has 18 heavy (non-hydrogen) atoms. The Morgan fingerprint density at radius 3 is 2.56 bits per heavy atom. The molecule has 0 radical (unpaired) electrons. The molecule has 0 amide bonds. The second-order valence-corrected chi connectivity index (χ2v) is 4.55. The maximum absolute atomic E-state index is 12.3. The van der Waals surface area contributed by atoms with Crippen molar-refractivity contribution in [3.8, 4) is 0 Å². The van der Waals surface area contributed by atoms with E-state index < -0.39 is 5.54 Å². The van der Waals surface area contributed by atoms with Gasteiger partial charge in [0.15, 0.2) is 5.78 Å². The van der Waals surface area contributed by atoms with Crippen molar-refractivity contribution in [1.82, 2.24) is 5.32 Å². The average Bonchev–Trinajstić information content (AvgIpc) is 2.39. The maximum atomic E-state index is 12.3. The fourth-order valence-electron chi connectivity index (χ4n) is 2.61. The Labute approximate surface area is 114 Å². The second kappa shape index (κ2) is 6.88. The van der Waals surface area contributed by atoms with Gasteiger partial charge >= 0.3 is 0 Å². The predicted molar refractivity (Wildman–Crippen MR) is 73.9 cm³/mol. The molecule has 1 aliphatic carbocycles. The fraction of sp³-hybridized carbons (Fsp3) is 0.500. The summed E-state index contributed by atoms with van der Waals surface area (Å²) in [6.07, 6.45) is 3.50. The normalized spacial score (nSPS) is 23.5. The number of nitrogens with one attached hydrogen (secondary N) is 1. The van der Waals surface area contributed by atoms with Gasteiger partial charge in [0, 0.05) is 13.0 Å². The van der Waals surface area contributed by atoms with Crippen molar-refractivity contribution in [1.29, 1.82) is 0 Å². The van der Waals surface area contributed by atoms with Crippen LogP contribution in [0.3, 0.4) is 0 Å². The van der Waals surface area contributed by atoms with Gasteiger partial charge in [0.1, 0.15) is 5.54 Å². The second-order valence-electron chi connectivity index (χ2n) is 4.55. The molecule has 1 aromatic carbocycles. The molecule has 1 unspecified atom stereocenters. The first kappa shape index (κ1) is 15.2. The number of aliphatic hydroxyl groups excluding tert-OH is 1. The van der Waals surface area contributed by atoms with Gasteiger partial charge in [-0.1, -0.05) is 36.8 Å². The molecule has 4 heteroatoms. The van der Waals surface area contributed by atoms with E-state index in [1.54, 1.807) is 0 Å². The van der Waals surface area contributed by atoms with Crippen LogP contribution in [0.25, 0.3) is 0 Å². The van der Waals surface area contributed by atoms with Crippen LogP contribution in [-0.4, -0.2) is 24.0 Å². The number of rotatable bonds is 4. The van der Waals surface area contributed by atoms with E-state index in [9.17, 15) is 4.79 Å². The highest BCUT2D eigenvalue weighted by Gasteiger charge is 2.40. The Morgan fingerprint density at radius 2 is 1.94 bits per heavy atom. The molecule has 2 rings (SSSR count). The van der Waals surface area contributed by atoms with Gasteiger partial charge in [0.2, 0.25) is 0 Å². The number of hydrogen-bond acceptors (Lipinski definition) is 3. The highest BCUT2D eigenvalue weighted by Crippen LogP contribution is 2.34. The molecule has 1 saturated carbocycles. The number of halogens is 1. The highest BCUT2D eigenvalue weighted by molar-refractivity contribution is 5.90. The molecule has 0 bridgehead atoms. The number of aliphatic hydroxyl groups is 1. The average molecular weight is 270 g/mol. The van der Waals surface area contributed by atoms with Gasteiger partial charge in [-0.2, -0.15) is 0 Å². The summed E-state index contributed by atoms with van der Waals surface area (Å²) in [6.45, 7) is 0.516. The highest BCUT2D eigenvalue weighted by atomic mass is 35.5. The summed E-state index contributed by atoms with van der Waals surface area (Å²) in [7, 11) is 0. The van der Waals surface area contributed by atoms with E-state index in [2.05, 4.69) is 5.32 Å². The third-order valence-corrected chi connectivity index (χ3v) is 3.49. The molecule has 0 spiro atoms. The third kappa shape index (κ3) is 2.91. The summed E-state index contributed by atoms with van der Waals surface area (Å²) in [5, 5.41) is 12.2. The Hall–Kier alpha value is -0.900. The van der Waals surface area contributed by atoms with E-state index in [0.29, 0.717) is 13.0 Å². The number of carbonyl (C=O) groups excluding carboxylic acids is 1. The van der Waals surface area contributed by atoms with Crippen molar-refractivity contribution in [2.45, 2.75) is 31.2 Å². The quantitative estimate of drug-likeness (QED) is 0.879. The summed E-state index contributed by atoms with van der Waals surface area (Å²) in [6, 6.07) is 9.86. The van der Waals surface area contributed by atoms with Gasteiger partial charge in [-0.3, -0.25) is 10.1 Å².